The molecule has 0 N–H and O–H groups in total. The summed E-state index contributed by atoms with van der Waals surface area (Å²) < 4.78 is 0. The van der Waals surface area contributed by atoms with Gasteiger partial charge in [0.1, 0.15) is 0 Å². The number of hydrogen-bond donors (Lipinski definition) is 0. The van der Waals surface area contributed by atoms with Crippen molar-refractivity contribution in [3.8, 4) is 22.3 Å². The van der Waals surface area contributed by atoms with Crippen LogP contribution >= 0.6 is 0 Å². The van der Waals surface area contributed by atoms with Crippen molar-refractivity contribution >= 4 is 5.78 Å². The fourth-order valence-corrected chi connectivity index (χ4v) is 2.52. The van der Waals surface area contributed by atoms with Gasteiger partial charge in [0.05, 0.1) is 0 Å². The molecule has 3 rings (SSSR count). The molecule has 0 fully saturated rings. The average molecular weight is 272 g/mol. The maximum atomic E-state index is 11.9. The molecule has 3 aromatic carbocycles. The van der Waals surface area contributed by atoms with Gasteiger partial charge in [-0.15, -0.1) is 0 Å². The highest BCUT2D eigenvalue weighted by molar-refractivity contribution is 6.01. The van der Waals surface area contributed by atoms with E-state index in [0.29, 0.717) is 0 Å². The third-order valence-electron chi connectivity index (χ3n) is 3.59. The fraction of sp³-hybridized carbons (Fsp3) is 0.0500. The summed E-state index contributed by atoms with van der Waals surface area (Å²) in [7, 11) is 0. The lowest BCUT2D eigenvalue weighted by Gasteiger charge is -2.10. The summed E-state index contributed by atoms with van der Waals surface area (Å²) >= 11 is 0. The molecule has 1 heteroatoms. The van der Waals surface area contributed by atoms with E-state index >= 15 is 0 Å². The molecule has 102 valence electrons. The highest BCUT2D eigenvalue weighted by atomic mass is 16.1. The van der Waals surface area contributed by atoms with Crippen molar-refractivity contribution in [2.45, 2.75) is 6.92 Å². The van der Waals surface area contributed by atoms with Gasteiger partial charge in [0.25, 0.3) is 0 Å². The van der Waals surface area contributed by atoms with Gasteiger partial charge in [0.15, 0.2) is 5.78 Å². The molecule has 0 aliphatic rings. The second kappa shape index (κ2) is 5.76. The molecule has 0 amide bonds. The van der Waals surface area contributed by atoms with Gasteiger partial charge in [-0.2, -0.15) is 0 Å². The first-order valence-electron chi connectivity index (χ1n) is 7.01. The molecular weight excluding hydrogens is 256 g/mol. The molecule has 0 radical (unpaired) electrons. The van der Waals surface area contributed by atoms with Crippen LogP contribution in [0, 0.1) is 0 Å². The molecule has 0 bridgehead atoms. The van der Waals surface area contributed by atoms with Crippen molar-refractivity contribution in [3.05, 3.63) is 84.4 Å². The van der Waals surface area contributed by atoms with Gasteiger partial charge in [0, 0.05) is 5.56 Å². The van der Waals surface area contributed by atoms with Gasteiger partial charge in [-0.05, 0) is 35.2 Å². The molecular formula is C20H16O. The van der Waals surface area contributed by atoms with Crippen molar-refractivity contribution in [2.75, 3.05) is 0 Å². The Morgan fingerprint density at radius 1 is 0.667 bits per heavy atom. The Hall–Kier alpha value is -2.67. The van der Waals surface area contributed by atoms with Crippen LogP contribution in [0.5, 0.6) is 0 Å². The summed E-state index contributed by atoms with van der Waals surface area (Å²) in [6, 6.07) is 26.3. The lowest BCUT2D eigenvalue weighted by Crippen LogP contribution is -1.96. The van der Waals surface area contributed by atoms with Crippen LogP contribution in [0.25, 0.3) is 22.3 Å². The van der Waals surface area contributed by atoms with Crippen molar-refractivity contribution in [3.63, 3.8) is 0 Å². The van der Waals surface area contributed by atoms with E-state index in [4.69, 9.17) is 0 Å². The molecule has 0 unspecified atom stereocenters. The number of carbonyl (C=O) groups excluding carboxylic acids is 1. The van der Waals surface area contributed by atoms with Crippen LogP contribution in [-0.2, 0) is 0 Å². The number of carbonyl (C=O) groups is 1. The second-order valence-corrected chi connectivity index (χ2v) is 5.05. The van der Waals surface area contributed by atoms with Crippen LogP contribution in [0.2, 0.25) is 0 Å². The summed E-state index contributed by atoms with van der Waals surface area (Å²) in [4.78, 5) is 11.9. The molecule has 3 aromatic rings. The highest BCUT2D eigenvalue weighted by Gasteiger charge is 2.10. The largest absolute Gasteiger partial charge is 0.294 e. The lowest BCUT2D eigenvalue weighted by molar-refractivity contribution is 0.101. The van der Waals surface area contributed by atoms with E-state index in [1.54, 1.807) is 6.92 Å². The first kappa shape index (κ1) is 13.3. The van der Waals surface area contributed by atoms with Gasteiger partial charge >= 0.3 is 0 Å². The van der Waals surface area contributed by atoms with Crippen LogP contribution in [0.15, 0.2) is 78.9 Å². The van der Waals surface area contributed by atoms with E-state index in [-0.39, 0.29) is 5.78 Å². The summed E-state index contributed by atoms with van der Waals surface area (Å²) in [6.45, 7) is 1.62. The first-order valence-corrected chi connectivity index (χ1v) is 7.01. The van der Waals surface area contributed by atoms with Crippen LogP contribution in [0.4, 0.5) is 0 Å². The number of hydrogen-bond acceptors (Lipinski definition) is 1. The minimum atomic E-state index is 0.0912. The summed E-state index contributed by atoms with van der Waals surface area (Å²) in [6.07, 6.45) is 0. The van der Waals surface area contributed by atoms with Gasteiger partial charge in [-0.3, -0.25) is 4.79 Å². The molecule has 0 atom stereocenters. The van der Waals surface area contributed by atoms with Crippen molar-refractivity contribution in [1.82, 2.24) is 0 Å². The number of Topliss-reactive ketones (excluding diaryl/α,β-unsaturated/α-hetero) is 1. The molecule has 0 heterocycles. The van der Waals surface area contributed by atoms with E-state index in [1.165, 1.54) is 0 Å². The topological polar surface area (TPSA) is 17.1 Å². The predicted octanol–water partition coefficient (Wildman–Crippen LogP) is 5.22. The second-order valence-electron chi connectivity index (χ2n) is 5.05. The quantitative estimate of drug-likeness (QED) is 0.597. The zero-order valence-electron chi connectivity index (χ0n) is 11.9. The minimum Gasteiger partial charge on any atom is -0.294 e. The minimum absolute atomic E-state index is 0.0912. The number of ketones is 1. The Labute approximate surface area is 124 Å². The smallest absolute Gasteiger partial charge is 0.160 e. The third kappa shape index (κ3) is 2.77. The van der Waals surface area contributed by atoms with Gasteiger partial charge in [-0.25, -0.2) is 0 Å². The van der Waals surface area contributed by atoms with E-state index in [0.717, 1.165) is 27.8 Å². The molecule has 0 aromatic heterocycles. The summed E-state index contributed by atoms with van der Waals surface area (Å²) in [5, 5.41) is 0. The molecule has 0 aliphatic heterocycles. The van der Waals surface area contributed by atoms with Crippen molar-refractivity contribution in [2.24, 2.45) is 0 Å². The van der Waals surface area contributed by atoms with Crippen LogP contribution in [0.3, 0.4) is 0 Å². The lowest BCUT2D eigenvalue weighted by atomic mass is 9.93. The van der Waals surface area contributed by atoms with Crippen molar-refractivity contribution in [1.29, 1.82) is 0 Å². The Morgan fingerprint density at radius 2 is 1.24 bits per heavy atom. The molecule has 0 saturated carbocycles. The first-order chi connectivity index (χ1) is 10.3. The van der Waals surface area contributed by atoms with E-state index in [9.17, 15) is 4.79 Å². The summed E-state index contributed by atoms with van der Waals surface area (Å²) in [5.41, 5.74) is 5.11. The molecule has 0 spiro atoms. The fourth-order valence-electron chi connectivity index (χ4n) is 2.52. The SMILES string of the molecule is CC(=O)c1ccc(-c2ccccc2)cc1-c1ccccc1. The van der Waals surface area contributed by atoms with Crippen molar-refractivity contribution < 1.29 is 4.79 Å². The molecule has 1 nitrogen and oxygen atoms in total. The third-order valence-corrected chi connectivity index (χ3v) is 3.59. The normalized spacial score (nSPS) is 10.3. The molecule has 0 saturated heterocycles. The van der Waals surface area contributed by atoms with Gasteiger partial charge < -0.3 is 0 Å². The van der Waals surface area contributed by atoms with Crippen LogP contribution in [0.1, 0.15) is 17.3 Å². The molecule has 0 aliphatic carbocycles. The molecule has 21 heavy (non-hydrogen) atoms. The van der Waals surface area contributed by atoms with E-state index in [2.05, 4.69) is 18.2 Å². The number of benzene rings is 3. The summed E-state index contributed by atoms with van der Waals surface area (Å²) in [5.74, 6) is 0.0912. The maximum absolute atomic E-state index is 11.9. The van der Waals surface area contributed by atoms with E-state index in [1.807, 2.05) is 60.7 Å². The monoisotopic (exact) mass is 272 g/mol. The Morgan fingerprint density at radius 3 is 1.81 bits per heavy atom. The standard InChI is InChI=1S/C20H16O/c1-15(21)19-13-12-18(16-8-4-2-5-9-16)14-20(19)17-10-6-3-7-11-17/h2-14H,1H3. The maximum Gasteiger partial charge on any atom is 0.160 e. The Bertz CT molecular complexity index is 758. The Balaban J connectivity index is 2.18. The zero-order valence-corrected chi connectivity index (χ0v) is 11.9. The predicted molar refractivity (Wildman–Crippen MR) is 87.3 cm³/mol. The number of rotatable bonds is 3. The highest BCUT2D eigenvalue weighted by Crippen LogP contribution is 2.29. The van der Waals surface area contributed by atoms with Gasteiger partial charge in [-0.1, -0.05) is 72.8 Å². The Kier molecular flexibility index (Phi) is 3.65. The van der Waals surface area contributed by atoms with E-state index < -0.39 is 0 Å². The average Bonchev–Trinajstić information content (AvgIpc) is 2.56. The zero-order chi connectivity index (χ0) is 14.7. The van der Waals surface area contributed by atoms with Crippen LogP contribution < -0.4 is 0 Å². The van der Waals surface area contributed by atoms with Crippen LogP contribution in [-0.4, -0.2) is 5.78 Å². The van der Waals surface area contributed by atoms with Gasteiger partial charge in [0.2, 0.25) is 0 Å².